The fourth-order valence-corrected chi connectivity index (χ4v) is 2.16. The first-order valence-electron chi connectivity index (χ1n) is 8.32. The number of ether oxygens (including phenoxy) is 3. The number of esters is 1. The van der Waals surface area contributed by atoms with E-state index in [4.69, 9.17) is 18.7 Å². The Morgan fingerprint density at radius 1 is 1.11 bits per heavy atom. The Balaban J connectivity index is 2.32. The number of benzene rings is 1. The zero-order chi connectivity index (χ0) is 20.2. The van der Waals surface area contributed by atoms with Crippen LogP contribution < -0.4 is 14.8 Å². The number of nitrogens with one attached hydrogen (secondary N) is 1. The van der Waals surface area contributed by atoms with Crippen LogP contribution in [0.2, 0.25) is 0 Å². The third kappa shape index (κ3) is 4.99. The van der Waals surface area contributed by atoms with Crippen LogP contribution in [0.25, 0.3) is 0 Å². The molecule has 1 aromatic carbocycles. The molecule has 0 spiro atoms. The highest BCUT2D eigenvalue weighted by molar-refractivity contribution is 6.03. The van der Waals surface area contributed by atoms with Crippen LogP contribution in [0.4, 0.5) is 5.69 Å². The van der Waals surface area contributed by atoms with Gasteiger partial charge in [0.2, 0.25) is 5.91 Å². The standard InChI is InChI=1S/C19H24N2O6/c1-11-7-12(27-21-11)10-26-17(22)13-8-15(24-5)16(25-6)9-14(13)20-18(23)19(2,3)4/h7-9H,10H2,1-6H3,(H,20,23). The summed E-state index contributed by atoms with van der Waals surface area (Å²) in [4.78, 5) is 25.0. The lowest BCUT2D eigenvalue weighted by Gasteiger charge is -2.20. The van der Waals surface area contributed by atoms with Crippen molar-refractivity contribution in [3.63, 3.8) is 0 Å². The average Bonchev–Trinajstić information content (AvgIpc) is 3.03. The summed E-state index contributed by atoms with van der Waals surface area (Å²) in [7, 11) is 2.93. The molecule has 0 saturated heterocycles. The molecule has 27 heavy (non-hydrogen) atoms. The van der Waals surface area contributed by atoms with Crippen molar-refractivity contribution in [2.45, 2.75) is 34.3 Å². The van der Waals surface area contributed by atoms with Gasteiger partial charge in [0.05, 0.1) is 31.2 Å². The van der Waals surface area contributed by atoms with Gasteiger partial charge >= 0.3 is 5.97 Å². The van der Waals surface area contributed by atoms with E-state index in [0.717, 1.165) is 0 Å². The van der Waals surface area contributed by atoms with E-state index >= 15 is 0 Å². The van der Waals surface area contributed by atoms with E-state index in [1.54, 1.807) is 33.8 Å². The van der Waals surface area contributed by atoms with Gasteiger partial charge in [0.25, 0.3) is 0 Å². The smallest absolute Gasteiger partial charge is 0.340 e. The van der Waals surface area contributed by atoms with Gasteiger partial charge in [0.15, 0.2) is 23.9 Å². The molecule has 1 N–H and O–H groups in total. The number of anilines is 1. The van der Waals surface area contributed by atoms with Crippen LogP contribution >= 0.6 is 0 Å². The minimum atomic E-state index is -0.647. The summed E-state index contributed by atoms with van der Waals surface area (Å²) in [6.07, 6.45) is 0. The van der Waals surface area contributed by atoms with Gasteiger partial charge in [-0.05, 0) is 6.92 Å². The van der Waals surface area contributed by atoms with Gasteiger partial charge in [0.1, 0.15) is 0 Å². The van der Waals surface area contributed by atoms with Gasteiger partial charge < -0.3 is 24.1 Å². The summed E-state index contributed by atoms with van der Waals surface area (Å²) in [5.41, 5.74) is 0.448. The minimum absolute atomic E-state index is 0.0827. The quantitative estimate of drug-likeness (QED) is 0.772. The summed E-state index contributed by atoms with van der Waals surface area (Å²) >= 11 is 0. The Hall–Kier alpha value is -3.03. The Morgan fingerprint density at radius 2 is 1.74 bits per heavy atom. The molecular weight excluding hydrogens is 352 g/mol. The molecule has 0 atom stereocenters. The third-order valence-corrected chi connectivity index (χ3v) is 3.70. The fourth-order valence-electron chi connectivity index (χ4n) is 2.16. The molecule has 1 amide bonds. The van der Waals surface area contributed by atoms with E-state index in [1.165, 1.54) is 26.4 Å². The van der Waals surface area contributed by atoms with E-state index in [1.807, 2.05) is 0 Å². The fraction of sp³-hybridized carbons (Fsp3) is 0.421. The number of carbonyl (C=O) groups is 2. The van der Waals surface area contributed by atoms with Crippen molar-refractivity contribution in [3.8, 4) is 11.5 Å². The van der Waals surface area contributed by atoms with Crippen molar-refractivity contribution < 1.29 is 28.3 Å². The molecule has 1 aromatic heterocycles. The monoisotopic (exact) mass is 376 g/mol. The van der Waals surface area contributed by atoms with E-state index in [2.05, 4.69) is 10.5 Å². The van der Waals surface area contributed by atoms with E-state index in [-0.39, 0.29) is 23.8 Å². The van der Waals surface area contributed by atoms with Crippen LogP contribution in [0.1, 0.15) is 42.6 Å². The Bertz CT molecular complexity index is 835. The molecule has 8 heteroatoms. The largest absolute Gasteiger partial charge is 0.493 e. The predicted molar refractivity (Wildman–Crippen MR) is 98.0 cm³/mol. The number of rotatable bonds is 6. The molecule has 0 fully saturated rings. The van der Waals surface area contributed by atoms with Crippen LogP contribution in [-0.4, -0.2) is 31.3 Å². The van der Waals surface area contributed by atoms with Gasteiger partial charge in [-0.3, -0.25) is 4.79 Å². The zero-order valence-corrected chi connectivity index (χ0v) is 16.3. The molecule has 146 valence electrons. The zero-order valence-electron chi connectivity index (χ0n) is 16.3. The Morgan fingerprint density at radius 3 is 2.26 bits per heavy atom. The molecule has 0 unspecified atom stereocenters. The number of hydrogen-bond acceptors (Lipinski definition) is 7. The van der Waals surface area contributed by atoms with Crippen molar-refractivity contribution in [3.05, 3.63) is 35.2 Å². The Kier molecular flexibility index (Phi) is 6.09. The van der Waals surface area contributed by atoms with Crippen LogP contribution in [0.15, 0.2) is 22.7 Å². The first kappa shape index (κ1) is 20.3. The molecular formula is C19H24N2O6. The lowest BCUT2D eigenvalue weighted by molar-refractivity contribution is -0.123. The second-order valence-corrected chi connectivity index (χ2v) is 6.97. The number of nitrogens with zero attached hydrogens (tertiary/aromatic N) is 1. The van der Waals surface area contributed by atoms with Gasteiger partial charge in [-0.15, -0.1) is 0 Å². The van der Waals surface area contributed by atoms with Crippen molar-refractivity contribution in [1.29, 1.82) is 0 Å². The maximum atomic E-state index is 12.6. The summed E-state index contributed by atoms with van der Waals surface area (Å²) in [6.45, 7) is 7.00. The van der Waals surface area contributed by atoms with E-state index < -0.39 is 11.4 Å². The molecule has 2 aromatic rings. The first-order valence-corrected chi connectivity index (χ1v) is 8.32. The second kappa shape index (κ2) is 8.11. The van der Waals surface area contributed by atoms with Gasteiger partial charge in [-0.2, -0.15) is 0 Å². The van der Waals surface area contributed by atoms with Crippen molar-refractivity contribution in [2.75, 3.05) is 19.5 Å². The highest BCUT2D eigenvalue weighted by Gasteiger charge is 2.25. The van der Waals surface area contributed by atoms with Crippen LogP contribution in [0.5, 0.6) is 11.5 Å². The van der Waals surface area contributed by atoms with Gasteiger partial charge in [0, 0.05) is 23.6 Å². The topological polar surface area (TPSA) is 99.9 Å². The molecule has 0 radical (unpaired) electrons. The lowest BCUT2D eigenvalue weighted by atomic mass is 9.95. The summed E-state index contributed by atoms with van der Waals surface area (Å²) in [6, 6.07) is 4.66. The molecule has 0 bridgehead atoms. The van der Waals surface area contributed by atoms with E-state index in [0.29, 0.717) is 23.0 Å². The van der Waals surface area contributed by atoms with Crippen molar-refractivity contribution in [2.24, 2.45) is 5.41 Å². The molecule has 8 nitrogen and oxygen atoms in total. The highest BCUT2D eigenvalue weighted by atomic mass is 16.5. The Labute approximate surface area is 157 Å². The van der Waals surface area contributed by atoms with E-state index in [9.17, 15) is 9.59 Å². The molecule has 1 heterocycles. The van der Waals surface area contributed by atoms with Gasteiger partial charge in [-0.25, -0.2) is 4.79 Å². The molecule has 0 aliphatic rings. The lowest BCUT2D eigenvalue weighted by Crippen LogP contribution is -2.28. The predicted octanol–water partition coefficient (Wildman–Crippen LogP) is 3.34. The highest BCUT2D eigenvalue weighted by Crippen LogP contribution is 2.34. The second-order valence-electron chi connectivity index (χ2n) is 6.97. The normalized spacial score (nSPS) is 11.0. The summed E-state index contributed by atoms with van der Waals surface area (Å²) in [5.74, 6) is 0.239. The summed E-state index contributed by atoms with van der Waals surface area (Å²) in [5, 5.41) is 6.49. The SMILES string of the molecule is COc1cc(NC(=O)C(C)(C)C)c(C(=O)OCc2cc(C)no2)cc1OC. The van der Waals surface area contributed by atoms with Crippen LogP contribution in [0.3, 0.4) is 0 Å². The average molecular weight is 376 g/mol. The number of aromatic nitrogens is 1. The van der Waals surface area contributed by atoms with Crippen molar-refractivity contribution >= 4 is 17.6 Å². The minimum Gasteiger partial charge on any atom is -0.493 e. The maximum absolute atomic E-state index is 12.6. The molecule has 0 aliphatic carbocycles. The maximum Gasteiger partial charge on any atom is 0.340 e. The third-order valence-electron chi connectivity index (χ3n) is 3.70. The van der Waals surface area contributed by atoms with Crippen LogP contribution in [-0.2, 0) is 16.1 Å². The molecule has 2 rings (SSSR count). The summed E-state index contributed by atoms with van der Waals surface area (Å²) < 4.78 is 20.8. The van der Waals surface area contributed by atoms with Gasteiger partial charge in [-0.1, -0.05) is 25.9 Å². The number of hydrogen-bond donors (Lipinski definition) is 1. The van der Waals surface area contributed by atoms with Crippen LogP contribution in [0, 0.1) is 12.3 Å². The first-order chi connectivity index (χ1) is 12.7. The number of carbonyl (C=O) groups excluding carboxylic acids is 2. The number of aryl methyl sites for hydroxylation is 1. The van der Waals surface area contributed by atoms with Crippen molar-refractivity contribution in [1.82, 2.24) is 5.16 Å². The molecule has 0 aliphatic heterocycles. The molecule has 0 saturated carbocycles. The number of amides is 1. The number of methoxy groups -OCH3 is 2.